The maximum atomic E-state index is 10.7. The average Bonchev–Trinajstić information content (AvgIpc) is 1.87. The van der Waals surface area contributed by atoms with Crippen LogP contribution in [0.15, 0.2) is 0 Å². The highest BCUT2D eigenvalue weighted by atomic mass is 35.5. The van der Waals surface area contributed by atoms with E-state index in [1.807, 2.05) is 0 Å². The number of nitrogens with two attached hydrogens (primary N) is 1. The molecule has 0 aromatic rings. The molecule has 0 aliphatic carbocycles. The number of sulfone groups is 1. The van der Waals surface area contributed by atoms with Gasteiger partial charge >= 0.3 is 0 Å². The molecule has 0 saturated heterocycles. The van der Waals surface area contributed by atoms with Crippen LogP contribution in [0.1, 0.15) is 6.92 Å². The lowest BCUT2D eigenvalue weighted by molar-refractivity contribution is -0.118. The molecule has 68 valence electrons. The van der Waals surface area contributed by atoms with Gasteiger partial charge in [0.15, 0.2) is 9.84 Å². The quantitative estimate of drug-likeness (QED) is 0.343. The summed E-state index contributed by atoms with van der Waals surface area (Å²) in [5, 5.41) is 0. The summed E-state index contributed by atoms with van der Waals surface area (Å²) in [4.78, 5) is 10.4. The second-order valence-electron chi connectivity index (χ2n) is 1.74. The fraction of sp³-hybridized carbons (Fsp3) is 0.750. The molecule has 0 heterocycles. The molecule has 0 fully saturated rings. The third-order valence-corrected chi connectivity index (χ3v) is 2.53. The second kappa shape index (κ2) is 5.34. The minimum absolute atomic E-state index is 0. The molecule has 0 unspecified atom stereocenters. The van der Waals surface area contributed by atoms with Crippen molar-refractivity contribution in [1.29, 1.82) is 0 Å². The number of carbonyl (C=O) groups is 1. The standard InChI is InChI=1S/C4H10N2O3S.ClH/c1-2-10(8,9)3-4(7)6-5;/h2-3,5H2,1H3,(H,6,7);1H. The Bertz CT molecular complexity index is 213. The Labute approximate surface area is 71.6 Å². The molecule has 11 heavy (non-hydrogen) atoms. The van der Waals surface area contributed by atoms with E-state index in [-0.39, 0.29) is 18.2 Å². The van der Waals surface area contributed by atoms with Crippen LogP contribution in [0.25, 0.3) is 0 Å². The number of carbonyl (C=O) groups excluding carboxylic acids is 1. The lowest BCUT2D eigenvalue weighted by Crippen LogP contribution is -2.35. The summed E-state index contributed by atoms with van der Waals surface area (Å²) in [6, 6.07) is 0. The summed E-state index contributed by atoms with van der Waals surface area (Å²) in [5.74, 6) is 3.42. The molecule has 0 rings (SSSR count). The predicted molar refractivity (Wildman–Crippen MR) is 43.9 cm³/mol. The Kier molecular flexibility index (Phi) is 6.44. The second-order valence-corrected chi connectivity index (χ2v) is 4.10. The van der Waals surface area contributed by atoms with E-state index in [2.05, 4.69) is 5.84 Å². The van der Waals surface area contributed by atoms with Crippen LogP contribution >= 0.6 is 12.4 Å². The van der Waals surface area contributed by atoms with Gasteiger partial charge in [0.25, 0.3) is 0 Å². The van der Waals surface area contributed by atoms with E-state index < -0.39 is 21.5 Å². The zero-order valence-electron chi connectivity index (χ0n) is 6.03. The Morgan fingerprint density at radius 1 is 1.55 bits per heavy atom. The van der Waals surface area contributed by atoms with Crippen LogP contribution in [0.5, 0.6) is 0 Å². The van der Waals surface area contributed by atoms with Gasteiger partial charge in [-0.1, -0.05) is 6.92 Å². The maximum absolute atomic E-state index is 10.7. The smallest absolute Gasteiger partial charge is 0.249 e. The lowest BCUT2D eigenvalue weighted by atomic mass is 10.8. The van der Waals surface area contributed by atoms with E-state index in [9.17, 15) is 13.2 Å². The SMILES string of the molecule is CCS(=O)(=O)CC(=O)NN.Cl. The largest absolute Gasteiger partial charge is 0.293 e. The van der Waals surface area contributed by atoms with Crippen molar-refractivity contribution < 1.29 is 13.2 Å². The molecule has 0 aliphatic heterocycles. The highest BCUT2D eigenvalue weighted by Gasteiger charge is 2.12. The summed E-state index contributed by atoms with van der Waals surface area (Å²) >= 11 is 0. The van der Waals surface area contributed by atoms with Crippen molar-refractivity contribution in [2.24, 2.45) is 5.84 Å². The van der Waals surface area contributed by atoms with E-state index in [1.165, 1.54) is 6.92 Å². The van der Waals surface area contributed by atoms with Gasteiger partial charge < -0.3 is 0 Å². The van der Waals surface area contributed by atoms with Crippen LogP contribution < -0.4 is 11.3 Å². The third kappa shape index (κ3) is 6.08. The van der Waals surface area contributed by atoms with Crippen molar-refractivity contribution >= 4 is 28.2 Å². The summed E-state index contributed by atoms with van der Waals surface area (Å²) in [6.07, 6.45) is 0. The van der Waals surface area contributed by atoms with Crippen LogP contribution in [0.3, 0.4) is 0 Å². The van der Waals surface area contributed by atoms with Crippen LogP contribution in [0.2, 0.25) is 0 Å². The van der Waals surface area contributed by atoms with Crippen molar-refractivity contribution in [2.75, 3.05) is 11.5 Å². The molecule has 5 nitrogen and oxygen atoms in total. The van der Waals surface area contributed by atoms with E-state index in [4.69, 9.17) is 0 Å². The van der Waals surface area contributed by atoms with Crippen molar-refractivity contribution in [3.8, 4) is 0 Å². The molecule has 0 aromatic carbocycles. The molecule has 0 saturated carbocycles. The monoisotopic (exact) mass is 202 g/mol. The van der Waals surface area contributed by atoms with Crippen molar-refractivity contribution in [2.45, 2.75) is 6.92 Å². The van der Waals surface area contributed by atoms with Gasteiger partial charge in [0.05, 0.1) is 0 Å². The first-order valence-corrected chi connectivity index (χ1v) is 4.54. The topological polar surface area (TPSA) is 89.3 Å². The molecule has 0 aliphatic rings. The Morgan fingerprint density at radius 3 is 2.27 bits per heavy atom. The zero-order chi connectivity index (χ0) is 8.20. The number of halogens is 1. The number of hydrogen-bond acceptors (Lipinski definition) is 4. The van der Waals surface area contributed by atoms with Crippen LogP contribution in [0.4, 0.5) is 0 Å². The Hall–Kier alpha value is -0.330. The van der Waals surface area contributed by atoms with E-state index in [0.29, 0.717) is 0 Å². The molecule has 1 amide bonds. The number of amides is 1. The third-order valence-electron chi connectivity index (χ3n) is 0.952. The van der Waals surface area contributed by atoms with Gasteiger partial charge in [0.2, 0.25) is 5.91 Å². The van der Waals surface area contributed by atoms with Gasteiger partial charge in [0, 0.05) is 5.75 Å². The molecule has 0 atom stereocenters. The zero-order valence-corrected chi connectivity index (χ0v) is 7.67. The molecule has 0 aromatic heterocycles. The first-order chi connectivity index (χ1) is 4.52. The summed E-state index contributed by atoms with van der Waals surface area (Å²) in [7, 11) is -3.22. The molecule has 0 bridgehead atoms. The molecule has 3 N–H and O–H groups in total. The normalized spacial score (nSPS) is 10.0. The highest BCUT2D eigenvalue weighted by molar-refractivity contribution is 7.92. The summed E-state index contributed by atoms with van der Waals surface area (Å²) in [6.45, 7) is 1.47. The van der Waals surface area contributed by atoms with Crippen molar-refractivity contribution in [1.82, 2.24) is 5.43 Å². The molecular formula is C4H11ClN2O3S. The summed E-state index contributed by atoms with van der Waals surface area (Å²) in [5.41, 5.74) is 1.74. The number of nitrogens with one attached hydrogen (secondary N) is 1. The fourth-order valence-electron chi connectivity index (χ4n) is 0.343. The van der Waals surface area contributed by atoms with Crippen LogP contribution in [-0.4, -0.2) is 25.8 Å². The lowest BCUT2D eigenvalue weighted by Gasteiger charge is -1.97. The van der Waals surface area contributed by atoms with Gasteiger partial charge in [-0.3, -0.25) is 10.2 Å². The van der Waals surface area contributed by atoms with E-state index in [0.717, 1.165) is 0 Å². The van der Waals surface area contributed by atoms with Crippen LogP contribution in [0, 0.1) is 0 Å². The Morgan fingerprint density at radius 2 is 2.00 bits per heavy atom. The molecule has 7 heteroatoms. The fourth-order valence-corrected chi connectivity index (χ4v) is 1.03. The Balaban J connectivity index is 0. The first kappa shape index (κ1) is 13.3. The van der Waals surface area contributed by atoms with Crippen molar-refractivity contribution in [3.63, 3.8) is 0 Å². The van der Waals surface area contributed by atoms with Crippen LogP contribution in [-0.2, 0) is 14.6 Å². The maximum Gasteiger partial charge on any atom is 0.249 e. The predicted octanol–water partition coefficient (Wildman–Crippen LogP) is -1.17. The van der Waals surface area contributed by atoms with E-state index in [1.54, 1.807) is 5.43 Å². The summed E-state index contributed by atoms with van der Waals surface area (Å²) < 4.78 is 21.3. The van der Waals surface area contributed by atoms with Gasteiger partial charge in [-0.25, -0.2) is 14.3 Å². The number of hydrogen-bond donors (Lipinski definition) is 2. The first-order valence-electron chi connectivity index (χ1n) is 2.71. The van der Waals surface area contributed by atoms with E-state index >= 15 is 0 Å². The van der Waals surface area contributed by atoms with Gasteiger partial charge in [0.1, 0.15) is 5.75 Å². The van der Waals surface area contributed by atoms with Gasteiger partial charge in [-0.05, 0) is 0 Å². The van der Waals surface area contributed by atoms with Gasteiger partial charge in [-0.15, -0.1) is 12.4 Å². The average molecular weight is 203 g/mol. The van der Waals surface area contributed by atoms with Crippen molar-refractivity contribution in [3.05, 3.63) is 0 Å². The molecular weight excluding hydrogens is 192 g/mol. The minimum Gasteiger partial charge on any atom is -0.293 e. The highest BCUT2D eigenvalue weighted by Crippen LogP contribution is 1.86. The molecule has 0 spiro atoms. The number of rotatable bonds is 3. The molecule has 0 radical (unpaired) electrons. The number of hydrazine groups is 1. The van der Waals surface area contributed by atoms with Gasteiger partial charge in [-0.2, -0.15) is 0 Å². The minimum atomic E-state index is -3.22.